The predicted molar refractivity (Wildman–Crippen MR) is 80.7 cm³/mol. The first-order valence-electron chi connectivity index (χ1n) is 7.14. The summed E-state index contributed by atoms with van der Waals surface area (Å²) >= 11 is 1.62. The molecule has 102 valence electrons. The highest BCUT2D eigenvalue weighted by Crippen LogP contribution is 2.36. The summed E-state index contributed by atoms with van der Waals surface area (Å²) in [5, 5.41) is 2.16. The second-order valence-corrected chi connectivity index (χ2v) is 6.72. The van der Waals surface area contributed by atoms with Gasteiger partial charge in [0.2, 0.25) is 5.91 Å². The van der Waals surface area contributed by atoms with Crippen LogP contribution in [-0.2, 0) is 4.79 Å². The maximum Gasteiger partial charge on any atom is 0.236 e. The predicted octanol–water partition coefficient (Wildman–Crippen LogP) is 3.09. The fraction of sp³-hybridized carbons (Fsp3) is 0.375. The first kappa shape index (κ1) is 12.2. The van der Waals surface area contributed by atoms with Crippen molar-refractivity contribution in [3.05, 3.63) is 36.4 Å². The third-order valence-corrected chi connectivity index (χ3v) is 5.20. The Kier molecular flexibility index (Phi) is 2.91. The highest BCUT2D eigenvalue weighted by molar-refractivity contribution is 8.00. The normalized spacial score (nSPS) is 22.7. The average molecular weight is 284 g/mol. The van der Waals surface area contributed by atoms with E-state index in [1.54, 1.807) is 11.8 Å². The monoisotopic (exact) mass is 284 g/mol. The second-order valence-electron chi connectivity index (χ2n) is 5.50. The quantitative estimate of drug-likeness (QED) is 0.868. The third-order valence-electron chi connectivity index (χ3n) is 4.01. The van der Waals surface area contributed by atoms with Crippen molar-refractivity contribution < 1.29 is 4.79 Å². The summed E-state index contributed by atoms with van der Waals surface area (Å²) in [4.78, 5) is 19.1. The molecule has 1 unspecified atom stereocenters. The van der Waals surface area contributed by atoms with Crippen molar-refractivity contribution in [3.63, 3.8) is 0 Å². The smallest absolute Gasteiger partial charge is 0.236 e. The van der Waals surface area contributed by atoms with Crippen molar-refractivity contribution >= 4 is 28.6 Å². The average Bonchev–Trinajstić information content (AvgIpc) is 3.25. The number of hydrogen-bond acceptors (Lipinski definition) is 3. The van der Waals surface area contributed by atoms with Crippen molar-refractivity contribution in [1.82, 2.24) is 9.88 Å². The number of carbonyl (C=O) groups excluding carboxylic acids is 1. The van der Waals surface area contributed by atoms with Crippen LogP contribution in [0.2, 0.25) is 0 Å². The van der Waals surface area contributed by atoms with Gasteiger partial charge in [0.25, 0.3) is 0 Å². The van der Waals surface area contributed by atoms with Crippen LogP contribution in [0, 0.1) is 0 Å². The molecule has 2 heterocycles. The van der Waals surface area contributed by atoms with Crippen molar-refractivity contribution in [2.24, 2.45) is 0 Å². The van der Waals surface area contributed by atoms with Crippen LogP contribution in [0.15, 0.2) is 41.4 Å². The number of para-hydroxylation sites is 1. The van der Waals surface area contributed by atoms with Gasteiger partial charge in [-0.1, -0.05) is 36.0 Å². The Morgan fingerprint density at radius 3 is 2.80 bits per heavy atom. The van der Waals surface area contributed by atoms with Crippen molar-refractivity contribution in [3.8, 4) is 0 Å². The molecule has 1 aromatic heterocycles. The zero-order valence-corrected chi connectivity index (χ0v) is 12.0. The first-order chi connectivity index (χ1) is 9.81. The van der Waals surface area contributed by atoms with Gasteiger partial charge in [-0.15, -0.1) is 0 Å². The van der Waals surface area contributed by atoms with Crippen LogP contribution in [0.25, 0.3) is 10.9 Å². The van der Waals surface area contributed by atoms with Crippen LogP contribution in [0.5, 0.6) is 0 Å². The number of thioether (sulfide) groups is 1. The number of fused-ring (bicyclic) bond motifs is 1. The lowest BCUT2D eigenvalue weighted by molar-refractivity contribution is -0.127. The van der Waals surface area contributed by atoms with E-state index in [-0.39, 0.29) is 5.25 Å². The Morgan fingerprint density at radius 1 is 1.10 bits per heavy atom. The molecule has 1 aliphatic heterocycles. The molecule has 4 heteroatoms. The van der Waals surface area contributed by atoms with Crippen LogP contribution >= 0.6 is 11.8 Å². The standard InChI is InChI=1S/C16H16N2OS/c19-16-14(9-10-18(16)12-6-7-12)20-15-8-5-11-3-1-2-4-13(11)17-15/h1-5,8,12,14H,6-7,9-10H2. The van der Waals surface area contributed by atoms with Gasteiger partial charge in [0.1, 0.15) is 0 Å². The van der Waals surface area contributed by atoms with Gasteiger partial charge in [0.15, 0.2) is 0 Å². The number of hydrogen-bond donors (Lipinski definition) is 0. The highest BCUT2D eigenvalue weighted by atomic mass is 32.2. The third kappa shape index (κ3) is 2.18. The van der Waals surface area contributed by atoms with E-state index in [9.17, 15) is 4.79 Å². The number of nitrogens with zero attached hydrogens (tertiary/aromatic N) is 2. The summed E-state index contributed by atoms with van der Waals surface area (Å²) in [6, 6.07) is 12.8. The molecule has 0 N–H and O–H groups in total. The molecule has 0 spiro atoms. The SMILES string of the molecule is O=C1C(Sc2ccc3ccccc3n2)CCN1C1CC1. The van der Waals surface area contributed by atoms with Gasteiger partial charge >= 0.3 is 0 Å². The van der Waals surface area contributed by atoms with Crippen molar-refractivity contribution in [2.45, 2.75) is 35.6 Å². The molecule has 2 aliphatic rings. The maximum absolute atomic E-state index is 12.3. The van der Waals surface area contributed by atoms with Crippen LogP contribution in [0.1, 0.15) is 19.3 Å². The Bertz CT molecular complexity index is 668. The number of carbonyl (C=O) groups is 1. The summed E-state index contributed by atoms with van der Waals surface area (Å²) in [6.45, 7) is 0.925. The van der Waals surface area contributed by atoms with Crippen LogP contribution in [-0.4, -0.2) is 33.6 Å². The molecule has 1 amide bonds. The number of amides is 1. The fourth-order valence-electron chi connectivity index (χ4n) is 2.79. The highest BCUT2D eigenvalue weighted by Gasteiger charge is 2.40. The molecule has 3 nitrogen and oxygen atoms in total. The van der Waals surface area contributed by atoms with Crippen LogP contribution < -0.4 is 0 Å². The van der Waals surface area contributed by atoms with Crippen LogP contribution in [0.3, 0.4) is 0 Å². The molecule has 0 bridgehead atoms. The first-order valence-corrected chi connectivity index (χ1v) is 8.02. The number of benzene rings is 1. The Balaban J connectivity index is 1.54. The summed E-state index contributed by atoms with van der Waals surface area (Å²) < 4.78 is 0. The van der Waals surface area contributed by atoms with Crippen molar-refractivity contribution in [2.75, 3.05) is 6.54 Å². The minimum atomic E-state index is 0.0595. The van der Waals surface area contributed by atoms with Gasteiger partial charge in [-0.3, -0.25) is 4.79 Å². The molecule has 2 aromatic rings. The molecule has 2 fully saturated rings. The number of pyridine rings is 1. The van der Waals surface area contributed by atoms with E-state index < -0.39 is 0 Å². The maximum atomic E-state index is 12.3. The van der Waals surface area contributed by atoms with Gasteiger partial charge in [-0.25, -0.2) is 4.98 Å². The molecular formula is C16H16N2OS. The minimum absolute atomic E-state index is 0.0595. The van der Waals surface area contributed by atoms with Gasteiger partial charge < -0.3 is 4.90 Å². The van der Waals surface area contributed by atoms with E-state index in [2.05, 4.69) is 22.0 Å². The van der Waals surface area contributed by atoms with E-state index >= 15 is 0 Å². The Morgan fingerprint density at radius 2 is 1.95 bits per heavy atom. The number of likely N-dealkylation sites (tertiary alicyclic amines) is 1. The molecular weight excluding hydrogens is 268 g/mol. The lowest BCUT2D eigenvalue weighted by atomic mass is 10.2. The fourth-order valence-corrected chi connectivity index (χ4v) is 3.84. The lowest BCUT2D eigenvalue weighted by Crippen LogP contribution is -2.30. The molecule has 1 saturated carbocycles. The van der Waals surface area contributed by atoms with E-state index in [4.69, 9.17) is 0 Å². The summed E-state index contributed by atoms with van der Waals surface area (Å²) in [7, 11) is 0. The van der Waals surface area contributed by atoms with E-state index in [1.165, 1.54) is 12.8 Å². The Hall–Kier alpha value is -1.55. The molecule has 4 rings (SSSR count). The minimum Gasteiger partial charge on any atom is -0.339 e. The number of aromatic nitrogens is 1. The summed E-state index contributed by atoms with van der Waals surface area (Å²) in [5.41, 5.74) is 1.00. The van der Waals surface area contributed by atoms with E-state index in [0.717, 1.165) is 28.9 Å². The van der Waals surface area contributed by atoms with Gasteiger partial charge in [-0.2, -0.15) is 0 Å². The zero-order chi connectivity index (χ0) is 13.5. The molecule has 1 aromatic carbocycles. The van der Waals surface area contributed by atoms with Gasteiger partial charge in [0.05, 0.1) is 15.8 Å². The second kappa shape index (κ2) is 4.77. The topological polar surface area (TPSA) is 33.2 Å². The summed E-state index contributed by atoms with van der Waals surface area (Å²) in [5.74, 6) is 0.312. The molecule has 1 saturated heterocycles. The molecule has 1 atom stereocenters. The molecule has 0 radical (unpaired) electrons. The number of rotatable bonds is 3. The van der Waals surface area contributed by atoms with Crippen molar-refractivity contribution in [1.29, 1.82) is 0 Å². The molecule has 1 aliphatic carbocycles. The van der Waals surface area contributed by atoms with E-state index in [1.807, 2.05) is 24.3 Å². The summed E-state index contributed by atoms with van der Waals surface area (Å²) in [6.07, 6.45) is 3.34. The lowest BCUT2D eigenvalue weighted by Gasteiger charge is -2.15. The van der Waals surface area contributed by atoms with Gasteiger partial charge in [-0.05, 0) is 31.4 Å². The van der Waals surface area contributed by atoms with Crippen LogP contribution in [0.4, 0.5) is 0 Å². The Labute approximate surface area is 122 Å². The van der Waals surface area contributed by atoms with E-state index in [0.29, 0.717) is 11.9 Å². The molecule has 20 heavy (non-hydrogen) atoms. The zero-order valence-electron chi connectivity index (χ0n) is 11.2. The van der Waals surface area contributed by atoms with Gasteiger partial charge in [0, 0.05) is 18.0 Å². The largest absolute Gasteiger partial charge is 0.339 e.